The summed E-state index contributed by atoms with van der Waals surface area (Å²) in [5.41, 5.74) is 5.08. The van der Waals surface area contributed by atoms with E-state index in [1.54, 1.807) is 6.08 Å². The molecule has 1 aliphatic rings. The number of amides is 1. The molecule has 1 aromatic heterocycles. The molecule has 2 rings (SSSR count). The Morgan fingerprint density at radius 1 is 1.71 bits per heavy atom. The summed E-state index contributed by atoms with van der Waals surface area (Å²) in [6.45, 7) is 5.24. The zero-order valence-corrected chi connectivity index (χ0v) is 11.4. The van der Waals surface area contributed by atoms with Gasteiger partial charge in [-0.25, -0.2) is 4.98 Å². The highest BCUT2D eigenvalue weighted by molar-refractivity contribution is 5.98. The van der Waals surface area contributed by atoms with E-state index in [0.717, 1.165) is 18.7 Å². The van der Waals surface area contributed by atoms with E-state index in [0.29, 0.717) is 25.5 Å². The Morgan fingerprint density at radius 3 is 3.10 bits per heavy atom. The molecule has 1 atom stereocenters. The Kier molecular flexibility index (Phi) is 4.49. The monoisotopic (exact) mass is 292 g/mol. The second-order valence-corrected chi connectivity index (χ2v) is 4.66. The maximum Gasteiger partial charge on any atom is 0.288 e. The summed E-state index contributed by atoms with van der Waals surface area (Å²) in [5, 5.41) is 10.7. The molecule has 1 fully saturated rings. The molecule has 1 amide bonds. The van der Waals surface area contributed by atoms with Crippen LogP contribution in [0.4, 0.5) is 11.5 Å². The average Bonchev–Trinajstić information content (AvgIpc) is 2.92. The van der Waals surface area contributed by atoms with Gasteiger partial charge in [-0.1, -0.05) is 6.08 Å². The number of ether oxygens (including phenoxy) is 1. The van der Waals surface area contributed by atoms with Crippen molar-refractivity contribution >= 4 is 17.4 Å². The van der Waals surface area contributed by atoms with E-state index in [2.05, 4.69) is 11.6 Å². The van der Waals surface area contributed by atoms with Crippen molar-refractivity contribution in [3.8, 4) is 0 Å². The molecule has 2 N–H and O–H groups in total. The van der Waals surface area contributed by atoms with Crippen LogP contribution >= 0.6 is 0 Å². The molecule has 0 aliphatic carbocycles. The van der Waals surface area contributed by atoms with Crippen LogP contribution in [-0.2, 0) is 4.74 Å². The lowest BCUT2D eigenvalue weighted by Crippen LogP contribution is -2.27. The number of nitro groups is 1. The van der Waals surface area contributed by atoms with Crippen LogP contribution in [0.15, 0.2) is 24.9 Å². The molecule has 8 heteroatoms. The molecular weight excluding hydrogens is 276 g/mol. The lowest BCUT2D eigenvalue weighted by molar-refractivity contribution is -0.385. The fraction of sp³-hybridized carbons (Fsp3) is 0.385. The van der Waals surface area contributed by atoms with Crippen LogP contribution in [0.25, 0.3) is 0 Å². The largest absolute Gasteiger partial charge is 0.372 e. The number of nitrogens with zero attached hydrogens (tertiary/aromatic N) is 3. The summed E-state index contributed by atoms with van der Waals surface area (Å²) in [4.78, 5) is 27.5. The topological polar surface area (TPSA) is 112 Å². The van der Waals surface area contributed by atoms with Gasteiger partial charge < -0.3 is 15.4 Å². The van der Waals surface area contributed by atoms with E-state index in [4.69, 9.17) is 10.5 Å². The van der Waals surface area contributed by atoms with E-state index >= 15 is 0 Å². The fourth-order valence-corrected chi connectivity index (χ4v) is 2.24. The van der Waals surface area contributed by atoms with Gasteiger partial charge in [-0.15, -0.1) is 6.58 Å². The molecule has 1 aromatic rings. The third-order valence-electron chi connectivity index (χ3n) is 3.22. The van der Waals surface area contributed by atoms with Crippen molar-refractivity contribution in [2.45, 2.75) is 12.5 Å². The molecule has 0 spiro atoms. The summed E-state index contributed by atoms with van der Waals surface area (Å²) < 4.78 is 5.55. The van der Waals surface area contributed by atoms with Crippen molar-refractivity contribution in [1.82, 2.24) is 4.98 Å². The standard InChI is InChI=1S/C13H16N4O4/c1-2-5-21-10-3-4-16(8-10)13-11(12(14)18)6-9(7-15-13)17(19)20/h2,6-7,10H,1,3-5,8H2,(H2,14,18). The number of rotatable bonds is 6. The highest BCUT2D eigenvalue weighted by atomic mass is 16.6. The predicted molar refractivity (Wildman–Crippen MR) is 76.2 cm³/mol. The quantitative estimate of drug-likeness (QED) is 0.473. The van der Waals surface area contributed by atoms with Gasteiger partial charge in [0.1, 0.15) is 12.0 Å². The number of primary amides is 1. The number of nitrogens with two attached hydrogens (primary N) is 1. The van der Waals surface area contributed by atoms with Crippen LogP contribution in [0.5, 0.6) is 0 Å². The van der Waals surface area contributed by atoms with Crippen molar-refractivity contribution in [2.24, 2.45) is 5.73 Å². The second-order valence-electron chi connectivity index (χ2n) is 4.66. The van der Waals surface area contributed by atoms with Crippen molar-refractivity contribution < 1.29 is 14.5 Å². The zero-order valence-electron chi connectivity index (χ0n) is 11.4. The number of hydrogen-bond donors (Lipinski definition) is 1. The minimum absolute atomic E-state index is 0.0146. The molecule has 112 valence electrons. The van der Waals surface area contributed by atoms with Gasteiger partial charge in [-0.3, -0.25) is 14.9 Å². The summed E-state index contributed by atoms with van der Waals surface area (Å²) in [6.07, 6.45) is 3.59. The minimum Gasteiger partial charge on any atom is -0.372 e. The highest BCUT2D eigenvalue weighted by Crippen LogP contribution is 2.26. The average molecular weight is 292 g/mol. The first-order chi connectivity index (χ1) is 10.0. The lowest BCUT2D eigenvalue weighted by atomic mass is 10.2. The van der Waals surface area contributed by atoms with Crippen LogP contribution in [0, 0.1) is 10.1 Å². The molecule has 1 unspecified atom stereocenters. The maximum absolute atomic E-state index is 11.5. The Labute approximate surface area is 121 Å². The summed E-state index contributed by atoms with van der Waals surface area (Å²) in [6, 6.07) is 1.16. The summed E-state index contributed by atoms with van der Waals surface area (Å²) >= 11 is 0. The predicted octanol–water partition coefficient (Wildman–Crippen LogP) is 0.870. The molecule has 21 heavy (non-hydrogen) atoms. The second kappa shape index (κ2) is 6.31. The molecular formula is C13H16N4O4. The van der Waals surface area contributed by atoms with Gasteiger partial charge >= 0.3 is 0 Å². The molecule has 0 saturated carbocycles. The molecule has 2 heterocycles. The maximum atomic E-state index is 11.5. The third kappa shape index (κ3) is 3.34. The highest BCUT2D eigenvalue weighted by Gasteiger charge is 2.28. The number of anilines is 1. The van der Waals surface area contributed by atoms with Crippen molar-refractivity contribution in [3.63, 3.8) is 0 Å². The Balaban J connectivity index is 2.22. The summed E-state index contributed by atoms with van der Waals surface area (Å²) in [7, 11) is 0. The number of carbonyl (C=O) groups is 1. The van der Waals surface area contributed by atoms with Gasteiger partial charge in [0.2, 0.25) is 0 Å². The normalized spacial score (nSPS) is 17.7. The van der Waals surface area contributed by atoms with Gasteiger partial charge in [-0.2, -0.15) is 0 Å². The first kappa shape index (κ1) is 14.9. The Hall–Kier alpha value is -2.48. The number of carbonyl (C=O) groups excluding carboxylic acids is 1. The van der Waals surface area contributed by atoms with E-state index in [1.165, 1.54) is 0 Å². The minimum atomic E-state index is -0.739. The van der Waals surface area contributed by atoms with Crippen LogP contribution in [-0.4, -0.2) is 41.6 Å². The van der Waals surface area contributed by atoms with Crippen molar-refractivity contribution in [3.05, 3.63) is 40.6 Å². The SMILES string of the molecule is C=CCOC1CCN(c2ncc([N+](=O)[O-])cc2C(N)=O)C1. The number of aromatic nitrogens is 1. The molecule has 0 aromatic carbocycles. The van der Waals surface area contributed by atoms with Crippen LogP contribution in [0.2, 0.25) is 0 Å². The number of pyridine rings is 1. The van der Waals surface area contributed by atoms with Crippen LogP contribution in [0.3, 0.4) is 0 Å². The third-order valence-corrected chi connectivity index (χ3v) is 3.22. The lowest BCUT2D eigenvalue weighted by Gasteiger charge is -2.19. The van der Waals surface area contributed by atoms with Crippen molar-refractivity contribution in [1.29, 1.82) is 0 Å². The Morgan fingerprint density at radius 2 is 2.48 bits per heavy atom. The first-order valence-electron chi connectivity index (χ1n) is 6.44. The van der Waals surface area contributed by atoms with Gasteiger partial charge in [0.25, 0.3) is 11.6 Å². The molecule has 8 nitrogen and oxygen atoms in total. The van der Waals surface area contributed by atoms with Crippen LogP contribution < -0.4 is 10.6 Å². The number of hydrogen-bond acceptors (Lipinski definition) is 6. The van der Waals surface area contributed by atoms with E-state index in [1.807, 2.05) is 4.90 Å². The van der Waals surface area contributed by atoms with Crippen molar-refractivity contribution in [2.75, 3.05) is 24.6 Å². The molecule has 0 radical (unpaired) electrons. The smallest absolute Gasteiger partial charge is 0.288 e. The van der Waals surface area contributed by atoms with E-state index < -0.39 is 10.8 Å². The zero-order chi connectivity index (χ0) is 15.4. The van der Waals surface area contributed by atoms with Crippen LogP contribution in [0.1, 0.15) is 16.8 Å². The van der Waals surface area contributed by atoms with Gasteiger partial charge in [0.05, 0.1) is 23.2 Å². The Bertz CT molecular complexity index is 575. The summed E-state index contributed by atoms with van der Waals surface area (Å²) in [5.74, 6) is -0.380. The fourth-order valence-electron chi connectivity index (χ4n) is 2.24. The molecule has 1 aliphatic heterocycles. The van der Waals surface area contributed by atoms with E-state index in [9.17, 15) is 14.9 Å². The van der Waals surface area contributed by atoms with Gasteiger partial charge in [0.15, 0.2) is 0 Å². The van der Waals surface area contributed by atoms with E-state index in [-0.39, 0.29) is 17.4 Å². The molecule has 0 bridgehead atoms. The van der Waals surface area contributed by atoms with Gasteiger partial charge in [0, 0.05) is 19.2 Å². The first-order valence-corrected chi connectivity index (χ1v) is 6.44. The van der Waals surface area contributed by atoms with Gasteiger partial charge in [-0.05, 0) is 6.42 Å². The molecule has 1 saturated heterocycles.